The number of amides is 2. The van der Waals surface area contributed by atoms with Crippen molar-refractivity contribution in [2.75, 3.05) is 6.54 Å². The lowest BCUT2D eigenvalue weighted by molar-refractivity contribution is -0.146. The first-order valence-corrected chi connectivity index (χ1v) is 9.13. The average Bonchev–Trinajstić information content (AvgIpc) is 2.49. The summed E-state index contributed by atoms with van der Waals surface area (Å²) in [5.41, 5.74) is -0.567. The molecule has 0 aliphatic carbocycles. The zero-order valence-electron chi connectivity index (χ0n) is 16.3. The number of hydrogen-bond acceptors (Lipinski definition) is 4. The Balaban J connectivity index is 2.47. The quantitative estimate of drug-likeness (QED) is 0.805. The molecule has 1 unspecified atom stereocenters. The summed E-state index contributed by atoms with van der Waals surface area (Å²) in [4.78, 5) is 32.0. The third-order valence-electron chi connectivity index (χ3n) is 5.57. The number of carbonyl (C=O) groups is 2. The molecule has 5 nitrogen and oxygen atoms in total. The maximum Gasteiger partial charge on any atom is 0.239 e. The van der Waals surface area contributed by atoms with E-state index >= 15 is 0 Å². The van der Waals surface area contributed by atoms with Crippen molar-refractivity contribution in [3.8, 4) is 0 Å². The first-order chi connectivity index (χ1) is 11.6. The number of piperidine rings is 1. The zero-order valence-corrected chi connectivity index (χ0v) is 16.3. The van der Waals surface area contributed by atoms with E-state index in [0.717, 1.165) is 12.2 Å². The number of imide groups is 1. The van der Waals surface area contributed by atoms with Crippen LogP contribution in [0.2, 0.25) is 0 Å². The van der Waals surface area contributed by atoms with Crippen molar-refractivity contribution in [2.45, 2.75) is 71.9 Å². The van der Waals surface area contributed by atoms with Crippen LogP contribution in [-0.2, 0) is 15.0 Å². The van der Waals surface area contributed by atoms with Gasteiger partial charge in [0.2, 0.25) is 11.8 Å². The standard InChI is InChI=1S/C20H31N3O2/c1-14(2)23(15(3)4)12-10-20(16-9-7-8-11-21-16)18(25)22-17(24)13-19(20,5)6/h7-9,11,14-15H,10,12-13H2,1-6H3,(H,22,24,25). The first-order valence-electron chi connectivity index (χ1n) is 9.13. The van der Waals surface area contributed by atoms with Gasteiger partial charge in [0.05, 0.1) is 11.1 Å². The minimum atomic E-state index is -0.815. The van der Waals surface area contributed by atoms with Crippen LogP contribution < -0.4 is 5.32 Å². The summed E-state index contributed by atoms with van der Waals surface area (Å²) < 4.78 is 0. The van der Waals surface area contributed by atoms with Gasteiger partial charge in [-0.1, -0.05) is 19.9 Å². The molecule has 0 aromatic carbocycles. The molecule has 0 spiro atoms. The van der Waals surface area contributed by atoms with Gasteiger partial charge in [-0.15, -0.1) is 0 Å². The van der Waals surface area contributed by atoms with E-state index in [1.165, 1.54) is 0 Å². The Labute approximate surface area is 151 Å². The number of nitrogens with zero attached hydrogens (tertiary/aromatic N) is 2. The van der Waals surface area contributed by atoms with Crippen molar-refractivity contribution in [3.05, 3.63) is 30.1 Å². The Kier molecular flexibility index (Phi) is 5.67. The van der Waals surface area contributed by atoms with Crippen LogP contribution in [0.25, 0.3) is 0 Å². The summed E-state index contributed by atoms with van der Waals surface area (Å²) >= 11 is 0. The third kappa shape index (κ3) is 3.61. The molecule has 1 fully saturated rings. The molecule has 25 heavy (non-hydrogen) atoms. The van der Waals surface area contributed by atoms with Gasteiger partial charge in [0.25, 0.3) is 0 Å². The number of pyridine rings is 1. The number of rotatable bonds is 6. The second kappa shape index (κ2) is 7.24. The molecule has 0 saturated carbocycles. The summed E-state index contributed by atoms with van der Waals surface area (Å²) in [6.45, 7) is 13.5. The van der Waals surface area contributed by atoms with E-state index in [9.17, 15) is 9.59 Å². The maximum absolute atomic E-state index is 13.1. The van der Waals surface area contributed by atoms with Gasteiger partial charge in [0, 0.05) is 31.2 Å². The topological polar surface area (TPSA) is 62.3 Å². The summed E-state index contributed by atoms with van der Waals surface area (Å²) in [5.74, 6) is -0.425. The molecule has 138 valence electrons. The highest BCUT2D eigenvalue weighted by Gasteiger charge is 2.57. The molecule has 1 atom stereocenters. The minimum Gasteiger partial charge on any atom is -0.298 e. The van der Waals surface area contributed by atoms with E-state index in [1.54, 1.807) is 6.20 Å². The summed E-state index contributed by atoms with van der Waals surface area (Å²) in [5, 5.41) is 2.57. The lowest BCUT2D eigenvalue weighted by Gasteiger charge is -2.48. The third-order valence-corrected chi connectivity index (χ3v) is 5.57. The Bertz CT molecular complexity index is 617. The first kappa shape index (κ1) is 19.6. The van der Waals surface area contributed by atoms with Crippen LogP contribution in [0.15, 0.2) is 24.4 Å². The largest absolute Gasteiger partial charge is 0.298 e. The fraction of sp³-hybridized carbons (Fsp3) is 0.650. The molecule has 2 amide bonds. The Hall–Kier alpha value is -1.75. The molecule has 1 aromatic heterocycles. The predicted molar refractivity (Wildman–Crippen MR) is 99.1 cm³/mol. The Morgan fingerprint density at radius 1 is 1.16 bits per heavy atom. The number of hydrogen-bond donors (Lipinski definition) is 1. The predicted octanol–water partition coefficient (Wildman–Crippen LogP) is 2.90. The van der Waals surface area contributed by atoms with E-state index in [4.69, 9.17) is 0 Å². The van der Waals surface area contributed by atoms with Crippen molar-refractivity contribution in [1.82, 2.24) is 15.2 Å². The van der Waals surface area contributed by atoms with E-state index in [-0.39, 0.29) is 11.8 Å². The summed E-state index contributed by atoms with van der Waals surface area (Å²) in [6, 6.07) is 6.44. The van der Waals surface area contributed by atoms with Crippen LogP contribution in [0, 0.1) is 5.41 Å². The molecule has 0 radical (unpaired) electrons. The van der Waals surface area contributed by atoms with E-state index in [0.29, 0.717) is 24.9 Å². The average molecular weight is 345 g/mol. The van der Waals surface area contributed by atoms with Crippen LogP contribution in [0.4, 0.5) is 0 Å². The minimum absolute atomic E-state index is 0.203. The molecule has 1 aliphatic rings. The fourth-order valence-electron chi connectivity index (χ4n) is 4.20. The molecule has 5 heteroatoms. The van der Waals surface area contributed by atoms with Gasteiger partial charge in [0.15, 0.2) is 0 Å². The molecular formula is C20H31N3O2. The second-order valence-corrected chi connectivity index (χ2v) is 8.23. The van der Waals surface area contributed by atoms with Crippen molar-refractivity contribution in [2.24, 2.45) is 5.41 Å². The Morgan fingerprint density at radius 3 is 2.28 bits per heavy atom. The molecule has 1 aromatic rings. The maximum atomic E-state index is 13.1. The van der Waals surface area contributed by atoms with Crippen LogP contribution >= 0.6 is 0 Å². The SMILES string of the molecule is CC(C)N(CCC1(c2ccccn2)C(=O)NC(=O)CC1(C)C)C(C)C. The van der Waals surface area contributed by atoms with Crippen molar-refractivity contribution in [3.63, 3.8) is 0 Å². The molecule has 1 aliphatic heterocycles. The summed E-state index contributed by atoms with van der Waals surface area (Å²) in [7, 11) is 0. The lowest BCUT2D eigenvalue weighted by Crippen LogP contribution is -2.62. The van der Waals surface area contributed by atoms with E-state index in [1.807, 2.05) is 32.0 Å². The highest BCUT2D eigenvalue weighted by atomic mass is 16.2. The van der Waals surface area contributed by atoms with E-state index in [2.05, 4.69) is 42.9 Å². The lowest BCUT2D eigenvalue weighted by atomic mass is 9.57. The Morgan fingerprint density at radius 2 is 1.80 bits per heavy atom. The van der Waals surface area contributed by atoms with Gasteiger partial charge < -0.3 is 0 Å². The molecule has 2 heterocycles. The van der Waals surface area contributed by atoms with Gasteiger partial charge in [-0.05, 0) is 51.7 Å². The van der Waals surface area contributed by atoms with Crippen molar-refractivity contribution in [1.29, 1.82) is 0 Å². The van der Waals surface area contributed by atoms with Crippen LogP contribution in [0.5, 0.6) is 0 Å². The van der Waals surface area contributed by atoms with Crippen LogP contribution in [0.1, 0.15) is 60.1 Å². The highest BCUT2D eigenvalue weighted by Crippen LogP contribution is 2.48. The fourth-order valence-corrected chi connectivity index (χ4v) is 4.20. The molecule has 0 bridgehead atoms. The smallest absolute Gasteiger partial charge is 0.239 e. The monoisotopic (exact) mass is 345 g/mol. The van der Waals surface area contributed by atoms with Gasteiger partial charge >= 0.3 is 0 Å². The molecule has 1 saturated heterocycles. The number of aromatic nitrogens is 1. The van der Waals surface area contributed by atoms with Crippen LogP contribution in [0.3, 0.4) is 0 Å². The summed E-state index contributed by atoms with van der Waals surface area (Å²) in [6.07, 6.45) is 2.67. The number of nitrogens with one attached hydrogen (secondary N) is 1. The van der Waals surface area contributed by atoms with Crippen molar-refractivity contribution < 1.29 is 9.59 Å². The van der Waals surface area contributed by atoms with Gasteiger partial charge in [-0.25, -0.2) is 0 Å². The normalized spacial score (nSPS) is 23.4. The van der Waals surface area contributed by atoms with Gasteiger partial charge in [-0.3, -0.25) is 24.8 Å². The van der Waals surface area contributed by atoms with Crippen molar-refractivity contribution >= 4 is 11.8 Å². The molecular weight excluding hydrogens is 314 g/mol. The number of carbonyl (C=O) groups excluding carboxylic acids is 2. The zero-order chi connectivity index (χ0) is 18.8. The van der Waals surface area contributed by atoms with Gasteiger partial charge in [-0.2, -0.15) is 0 Å². The molecule has 1 N–H and O–H groups in total. The van der Waals surface area contributed by atoms with Gasteiger partial charge in [0.1, 0.15) is 0 Å². The molecule has 2 rings (SSSR count). The van der Waals surface area contributed by atoms with Crippen LogP contribution in [-0.4, -0.2) is 40.3 Å². The van der Waals surface area contributed by atoms with E-state index < -0.39 is 10.8 Å². The second-order valence-electron chi connectivity index (χ2n) is 8.23. The highest BCUT2D eigenvalue weighted by molar-refractivity contribution is 6.04.